The molecule has 0 atom stereocenters. The quantitative estimate of drug-likeness (QED) is 0.692. The van der Waals surface area contributed by atoms with Gasteiger partial charge in [-0.1, -0.05) is 42.5 Å². The van der Waals surface area contributed by atoms with Crippen LogP contribution < -0.4 is 4.57 Å². The monoisotopic (exact) mass is 286 g/mol. The van der Waals surface area contributed by atoms with E-state index in [-0.39, 0.29) is 0 Å². The first-order valence-corrected chi connectivity index (χ1v) is 7.20. The van der Waals surface area contributed by atoms with Gasteiger partial charge in [-0.15, -0.1) is 0 Å². The van der Waals surface area contributed by atoms with Crippen molar-refractivity contribution in [1.29, 1.82) is 5.26 Å². The van der Waals surface area contributed by atoms with Crippen molar-refractivity contribution in [2.24, 2.45) is 0 Å². The number of aromatic nitrogens is 2. The lowest BCUT2D eigenvalue weighted by atomic mass is 10.1. The predicted octanol–water partition coefficient (Wildman–Crippen LogP) is 2.88. The third kappa shape index (κ3) is 3.36. The van der Waals surface area contributed by atoms with Gasteiger partial charge in [-0.2, -0.15) is 9.83 Å². The van der Waals surface area contributed by atoms with Crippen LogP contribution in [0, 0.1) is 11.3 Å². The highest BCUT2D eigenvalue weighted by Gasteiger charge is 2.11. The lowest BCUT2D eigenvalue weighted by Crippen LogP contribution is -2.38. The standard InChI is InChI=1S/C19H16N3/c20-13-17-8-6-16(7-9-17)12-19-14-21-10-11-22(19)15-18-4-2-1-3-5-18/h1-11,14H,12,15H2/q+1. The van der Waals surface area contributed by atoms with Crippen LogP contribution in [0.15, 0.2) is 73.2 Å². The van der Waals surface area contributed by atoms with Crippen molar-refractivity contribution in [2.75, 3.05) is 0 Å². The summed E-state index contributed by atoms with van der Waals surface area (Å²) in [5.74, 6) is 0. The van der Waals surface area contributed by atoms with Crippen LogP contribution in [0.5, 0.6) is 0 Å². The number of benzene rings is 2. The van der Waals surface area contributed by atoms with Crippen molar-refractivity contribution in [3.8, 4) is 6.07 Å². The molecular weight excluding hydrogens is 270 g/mol. The Hall–Kier alpha value is -2.99. The van der Waals surface area contributed by atoms with E-state index >= 15 is 0 Å². The first-order chi connectivity index (χ1) is 10.8. The Labute approximate surface area is 130 Å². The van der Waals surface area contributed by atoms with Gasteiger partial charge in [-0.25, -0.2) is 0 Å². The molecule has 3 nitrogen and oxygen atoms in total. The molecule has 0 aliphatic rings. The molecule has 3 aromatic rings. The smallest absolute Gasteiger partial charge is 0.204 e. The molecule has 0 saturated carbocycles. The minimum atomic E-state index is 0.687. The normalized spacial score (nSPS) is 10.1. The van der Waals surface area contributed by atoms with Gasteiger partial charge >= 0.3 is 0 Å². The number of nitrogens with zero attached hydrogens (tertiary/aromatic N) is 3. The van der Waals surface area contributed by atoms with Crippen LogP contribution in [0.4, 0.5) is 0 Å². The van der Waals surface area contributed by atoms with Crippen LogP contribution in [-0.2, 0) is 13.0 Å². The summed E-state index contributed by atoms with van der Waals surface area (Å²) in [4.78, 5) is 4.24. The van der Waals surface area contributed by atoms with Crippen molar-refractivity contribution in [3.05, 3.63) is 95.6 Å². The Morgan fingerprint density at radius 3 is 2.45 bits per heavy atom. The van der Waals surface area contributed by atoms with E-state index in [0.29, 0.717) is 5.56 Å². The second-order valence-corrected chi connectivity index (χ2v) is 5.17. The van der Waals surface area contributed by atoms with E-state index in [0.717, 1.165) is 18.7 Å². The van der Waals surface area contributed by atoms with Crippen LogP contribution in [-0.4, -0.2) is 4.98 Å². The maximum absolute atomic E-state index is 8.86. The maximum atomic E-state index is 8.86. The zero-order valence-corrected chi connectivity index (χ0v) is 12.2. The summed E-state index contributed by atoms with van der Waals surface area (Å²) in [7, 11) is 0. The molecule has 0 unspecified atom stereocenters. The lowest BCUT2D eigenvalue weighted by Gasteiger charge is -2.04. The number of hydrogen-bond donors (Lipinski definition) is 0. The second-order valence-electron chi connectivity index (χ2n) is 5.17. The number of nitriles is 1. The Morgan fingerprint density at radius 2 is 1.73 bits per heavy atom. The molecule has 3 heteroatoms. The van der Waals surface area contributed by atoms with Gasteiger partial charge in [0, 0.05) is 5.56 Å². The molecule has 0 N–H and O–H groups in total. The summed E-state index contributed by atoms with van der Waals surface area (Å²) in [6.45, 7) is 0.828. The molecule has 0 bridgehead atoms. The fraction of sp³-hybridized carbons (Fsp3) is 0.105. The third-order valence-electron chi connectivity index (χ3n) is 3.59. The zero-order chi connectivity index (χ0) is 15.2. The Bertz CT molecular complexity index is 787. The molecule has 3 rings (SSSR count). The Balaban J connectivity index is 1.83. The first kappa shape index (κ1) is 14.0. The van der Waals surface area contributed by atoms with E-state index < -0.39 is 0 Å². The topological polar surface area (TPSA) is 40.6 Å². The number of rotatable bonds is 4. The van der Waals surface area contributed by atoms with Crippen LogP contribution >= 0.6 is 0 Å². The Kier molecular flexibility index (Phi) is 4.22. The van der Waals surface area contributed by atoms with Crippen molar-refractivity contribution >= 4 is 0 Å². The Morgan fingerprint density at radius 1 is 0.955 bits per heavy atom. The number of hydrogen-bond acceptors (Lipinski definition) is 2. The SMILES string of the molecule is N#Cc1ccc(Cc2cncc[n+]2Cc2ccccc2)cc1. The van der Waals surface area contributed by atoms with Crippen LogP contribution in [0.25, 0.3) is 0 Å². The molecule has 1 aromatic heterocycles. The van der Waals surface area contributed by atoms with Crippen molar-refractivity contribution in [2.45, 2.75) is 13.0 Å². The van der Waals surface area contributed by atoms with Crippen molar-refractivity contribution in [3.63, 3.8) is 0 Å². The maximum Gasteiger partial charge on any atom is 0.204 e. The van der Waals surface area contributed by atoms with E-state index in [2.05, 4.69) is 39.9 Å². The fourth-order valence-electron chi connectivity index (χ4n) is 2.41. The van der Waals surface area contributed by atoms with E-state index in [1.165, 1.54) is 11.1 Å². The highest BCUT2D eigenvalue weighted by atomic mass is 15.0. The molecule has 0 amide bonds. The average molecular weight is 286 g/mol. The molecule has 0 aliphatic heterocycles. The van der Waals surface area contributed by atoms with Crippen LogP contribution in [0.3, 0.4) is 0 Å². The zero-order valence-electron chi connectivity index (χ0n) is 12.2. The van der Waals surface area contributed by atoms with E-state index in [1.54, 1.807) is 0 Å². The van der Waals surface area contributed by atoms with E-state index in [1.807, 2.05) is 48.9 Å². The van der Waals surface area contributed by atoms with Gasteiger partial charge in [-0.05, 0) is 17.7 Å². The average Bonchev–Trinajstić information content (AvgIpc) is 2.58. The molecule has 2 aromatic carbocycles. The minimum absolute atomic E-state index is 0.687. The summed E-state index contributed by atoms with van der Waals surface area (Å²) in [5, 5.41) is 8.86. The third-order valence-corrected chi connectivity index (χ3v) is 3.59. The van der Waals surface area contributed by atoms with Gasteiger partial charge in [0.25, 0.3) is 0 Å². The van der Waals surface area contributed by atoms with Crippen molar-refractivity contribution < 1.29 is 4.57 Å². The minimum Gasteiger partial charge on any atom is -0.252 e. The lowest BCUT2D eigenvalue weighted by molar-refractivity contribution is -0.695. The van der Waals surface area contributed by atoms with Gasteiger partial charge in [0.15, 0.2) is 12.7 Å². The molecule has 1 heterocycles. The van der Waals surface area contributed by atoms with E-state index in [9.17, 15) is 0 Å². The van der Waals surface area contributed by atoms with Gasteiger partial charge in [0.2, 0.25) is 5.69 Å². The summed E-state index contributed by atoms with van der Waals surface area (Å²) >= 11 is 0. The fourth-order valence-corrected chi connectivity index (χ4v) is 2.41. The molecule has 0 radical (unpaired) electrons. The summed E-state index contributed by atoms with van der Waals surface area (Å²) in [6.07, 6.45) is 6.52. The summed E-state index contributed by atoms with van der Waals surface area (Å²) < 4.78 is 2.21. The second kappa shape index (κ2) is 6.64. The van der Waals surface area contributed by atoms with Crippen molar-refractivity contribution in [1.82, 2.24) is 4.98 Å². The highest BCUT2D eigenvalue weighted by Crippen LogP contribution is 2.08. The summed E-state index contributed by atoms with van der Waals surface area (Å²) in [6, 6.07) is 20.2. The molecule has 0 fully saturated rings. The molecule has 0 aliphatic carbocycles. The molecule has 22 heavy (non-hydrogen) atoms. The highest BCUT2D eigenvalue weighted by molar-refractivity contribution is 5.32. The molecule has 0 saturated heterocycles. The van der Waals surface area contributed by atoms with Gasteiger partial charge in [0.1, 0.15) is 0 Å². The molecule has 0 spiro atoms. The molecular formula is C19H16N3+. The largest absolute Gasteiger partial charge is 0.252 e. The molecule has 106 valence electrons. The van der Waals surface area contributed by atoms with Crippen LogP contribution in [0.2, 0.25) is 0 Å². The van der Waals surface area contributed by atoms with Gasteiger partial charge in [-0.3, -0.25) is 4.98 Å². The first-order valence-electron chi connectivity index (χ1n) is 7.20. The van der Waals surface area contributed by atoms with E-state index in [4.69, 9.17) is 5.26 Å². The van der Waals surface area contributed by atoms with Gasteiger partial charge in [0.05, 0.1) is 30.4 Å². The van der Waals surface area contributed by atoms with Crippen LogP contribution in [0.1, 0.15) is 22.4 Å². The summed E-state index contributed by atoms with van der Waals surface area (Å²) in [5.41, 5.74) is 4.27. The predicted molar refractivity (Wildman–Crippen MR) is 83.9 cm³/mol. The van der Waals surface area contributed by atoms with Gasteiger partial charge < -0.3 is 0 Å².